The third kappa shape index (κ3) is 5.86. The number of nitrogens with one attached hydrogen (secondary N) is 2. The number of alkyl halides is 3. The summed E-state index contributed by atoms with van der Waals surface area (Å²) in [6.07, 6.45) is -3.72. The Morgan fingerprint density at radius 1 is 1.19 bits per heavy atom. The zero-order valence-electron chi connectivity index (χ0n) is 20.0. The van der Waals surface area contributed by atoms with E-state index in [0.717, 1.165) is 17.8 Å². The van der Waals surface area contributed by atoms with E-state index in [0.29, 0.717) is 39.7 Å². The molecule has 37 heavy (non-hydrogen) atoms. The average Bonchev–Trinajstić information content (AvgIpc) is 2.81. The van der Waals surface area contributed by atoms with Crippen LogP contribution in [-0.2, 0) is 15.8 Å². The molecule has 0 unspecified atom stereocenters. The van der Waals surface area contributed by atoms with E-state index in [1.807, 2.05) is 13.8 Å². The topological polar surface area (TPSA) is 82.0 Å². The van der Waals surface area contributed by atoms with Crippen molar-refractivity contribution in [2.45, 2.75) is 38.8 Å². The summed E-state index contributed by atoms with van der Waals surface area (Å²) < 4.78 is 39.9. The fourth-order valence-electron chi connectivity index (χ4n) is 4.64. The number of amides is 1. The standard InChI is InChI=1S/C27H23ClF3N3O2S/c1-26(2)11-20-24(21(35)12-26)23(15-7-9-16(28)10-8-15)17(13-32)25(34-20)37-14-22(36)33-19-6-4-3-5-18(19)27(29,30)31/h3-10,23,34H,11-12,14H2,1-2H3,(H,33,36)/t23-/m1/s1. The molecule has 2 aromatic carbocycles. The molecule has 5 nitrogen and oxygen atoms in total. The maximum atomic E-state index is 13.3. The first-order chi connectivity index (χ1) is 17.4. The number of allylic oxidation sites excluding steroid dienone is 3. The molecule has 10 heteroatoms. The molecule has 0 saturated heterocycles. The second-order valence-electron chi connectivity index (χ2n) is 9.68. The molecule has 0 radical (unpaired) electrons. The fraction of sp³-hybridized carbons (Fsp3) is 0.296. The Labute approximate surface area is 221 Å². The Bertz CT molecular complexity index is 1360. The van der Waals surface area contributed by atoms with Crippen LogP contribution in [0.2, 0.25) is 5.02 Å². The van der Waals surface area contributed by atoms with E-state index in [1.54, 1.807) is 24.3 Å². The third-order valence-electron chi connectivity index (χ3n) is 6.18. The van der Waals surface area contributed by atoms with E-state index in [9.17, 15) is 28.0 Å². The first-order valence-electron chi connectivity index (χ1n) is 11.4. The van der Waals surface area contributed by atoms with Crippen molar-refractivity contribution in [3.05, 3.63) is 86.6 Å². The molecular formula is C27H23ClF3N3O2S. The predicted octanol–water partition coefficient (Wildman–Crippen LogP) is 6.80. The number of para-hydroxylation sites is 1. The van der Waals surface area contributed by atoms with Crippen LogP contribution in [0.3, 0.4) is 0 Å². The lowest BCUT2D eigenvalue weighted by molar-refractivity contribution is -0.137. The first kappa shape index (κ1) is 26.8. The number of nitrogens with zero attached hydrogens (tertiary/aromatic N) is 1. The highest BCUT2D eigenvalue weighted by Crippen LogP contribution is 2.48. The number of dihydropyridines is 1. The number of hydrogen-bond acceptors (Lipinski definition) is 5. The van der Waals surface area contributed by atoms with Crippen molar-refractivity contribution < 1.29 is 22.8 Å². The minimum absolute atomic E-state index is 0.0583. The predicted molar refractivity (Wildman–Crippen MR) is 138 cm³/mol. The molecule has 2 aromatic rings. The van der Waals surface area contributed by atoms with Crippen LogP contribution in [0.15, 0.2) is 70.4 Å². The number of carbonyl (C=O) groups is 2. The minimum Gasteiger partial charge on any atom is -0.352 e. The lowest BCUT2D eigenvalue weighted by atomic mass is 9.69. The molecule has 1 amide bonds. The smallest absolute Gasteiger partial charge is 0.352 e. The molecule has 1 heterocycles. The van der Waals surface area contributed by atoms with E-state index >= 15 is 0 Å². The van der Waals surface area contributed by atoms with Gasteiger partial charge in [0.1, 0.15) is 0 Å². The second kappa shape index (κ2) is 10.3. The van der Waals surface area contributed by atoms with Gasteiger partial charge in [0.05, 0.1) is 39.6 Å². The summed E-state index contributed by atoms with van der Waals surface area (Å²) in [6.45, 7) is 3.96. The molecule has 1 aliphatic heterocycles. The van der Waals surface area contributed by atoms with Gasteiger partial charge in [-0.15, -0.1) is 0 Å². The summed E-state index contributed by atoms with van der Waals surface area (Å²) >= 11 is 7.07. The highest BCUT2D eigenvalue weighted by atomic mass is 35.5. The third-order valence-corrected chi connectivity index (χ3v) is 7.45. The van der Waals surface area contributed by atoms with Gasteiger partial charge in [-0.2, -0.15) is 18.4 Å². The van der Waals surface area contributed by atoms with Crippen molar-refractivity contribution in [2.75, 3.05) is 11.1 Å². The number of anilines is 1. The normalized spacial score (nSPS) is 19.2. The zero-order chi connectivity index (χ0) is 27.0. The van der Waals surface area contributed by atoms with Gasteiger partial charge in [0.25, 0.3) is 0 Å². The summed E-state index contributed by atoms with van der Waals surface area (Å²) in [6, 6.07) is 13.8. The van der Waals surface area contributed by atoms with E-state index in [1.165, 1.54) is 18.2 Å². The highest BCUT2D eigenvalue weighted by molar-refractivity contribution is 8.03. The van der Waals surface area contributed by atoms with Gasteiger partial charge in [0.2, 0.25) is 5.91 Å². The highest BCUT2D eigenvalue weighted by Gasteiger charge is 2.42. The Hall–Kier alpha value is -3.22. The molecule has 0 bridgehead atoms. The first-order valence-corrected chi connectivity index (χ1v) is 12.8. The molecule has 0 fully saturated rings. The van der Waals surface area contributed by atoms with Gasteiger partial charge in [-0.3, -0.25) is 9.59 Å². The molecule has 0 aromatic heterocycles. The van der Waals surface area contributed by atoms with Gasteiger partial charge in [0.15, 0.2) is 5.78 Å². The van der Waals surface area contributed by atoms with Crippen LogP contribution in [-0.4, -0.2) is 17.4 Å². The number of Topliss-reactive ketones (excluding diaryl/α,β-unsaturated/α-hetero) is 1. The Kier molecular flexibility index (Phi) is 7.45. The lowest BCUT2D eigenvalue weighted by Gasteiger charge is -2.39. The SMILES string of the molecule is CC1(C)CC(=O)C2=C(C1)NC(SCC(=O)Nc1ccccc1C(F)(F)F)=C(C#N)[C@H]2c1ccc(Cl)cc1. The second-order valence-corrected chi connectivity index (χ2v) is 11.1. The van der Waals surface area contributed by atoms with Crippen molar-refractivity contribution in [3.8, 4) is 6.07 Å². The van der Waals surface area contributed by atoms with Crippen LogP contribution in [0.4, 0.5) is 18.9 Å². The summed E-state index contributed by atoms with van der Waals surface area (Å²) in [5.41, 5.74) is 0.604. The number of nitriles is 1. The molecule has 4 rings (SSSR count). The van der Waals surface area contributed by atoms with Crippen molar-refractivity contribution in [2.24, 2.45) is 5.41 Å². The number of benzene rings is 2. The number of thioether (sulfide) groups is 1. The molecule has 192 valence electrons. The molecular weight excluding hydrogens is 523 g/mol. The number of hydrogen-bond donors (Lipinski definition) is 2. The molecule has 0 saturated carbocycles. The largest absolute Gasteiger partial charge is 0.418 e. The Morgan fingerprint density at radius 3 is 2.51 bits per heavy atom. The molecule has 0 spiro atoms. The van der Waals surface area contributed by atoms with Gasteiger partial charge >= 0.3 is 6.18 Å². The quantitative estimate of drug-likeness (QED) is 0.432. The molecule has 2 N–H and O–H groups in total. The number of rotatable bonds is 5. The number of ketones is 1. The van der Waals surface area contributed by atoms with E-state index in [4.69, 9.17) is 11.6 Å². The van der Waals surface area contributed by atoms with E-state index in [2.05, 4.69) is 16.7 Å². The van der Waals surface area contributed by atoms with Crippen molar-refractivity contribution in [1.82, 2.24) is 5.32 Å². The summed E-state index contributed by atoms with van der Waals surface area (Å²) in [4.78, 5) is 25.9. The van der Waals surface area contributed by atoms with Crippen LogP contribution >= 0.6 is 23.4 Å². The van der Waals surface area contributed by atoms with Crippen LogP contribution in [0, 0.1) is 16.7 Å². The Morgan fingerprint density at radius 2 is 1.86 bits per heavy atom. The van der Waals surface area contributed by atoms with E-state index < -0.39 is 23.6 Å². The summed E-state index contributed by atoms with van der Waals surface area (Å²) in [7, 11) is 0. The maximum absolute atomic E-state index is 13.3. The van der Waals surface area contributed by atoms with Gasteiger partial charge in [-0.05, 0) is 41.7 Å². The molecule has 1 aliphatic carbocycles. The van der Waals surface area contributed by atoms with Crippen molar-refractivity contribution in [3.63, 3.8) is 0 Å². The Balaban J connectivity index is 1.64. The van der Waals surface area contributed by atoms with Crippen LogP contribution in [0.1, 0.15) is 43.7 Å². The summed E-state index contributed by atoms with van der Waals surface area (Å²) in [5, 5.41) is 16.5. The molecule has 2 aliphatic rings. The zero-order valence-corrected chi connectivity index (χ0v) is 21.6. The van der Waals surface area contributed by atoms with Gasteiger partial charge in [0, 0.05) is 22.7 Å². The van der Waals surface area contributed by atoms with E-state index in [-0.39, 0.29) is 28.2 Å². The minimum atomic E-state index is -4.62. The molecule has 1 atom stereocenters. The maximum Gasteiger partial charge on any atom is 0.418 e. The van der Waals surface area contributed by atoms with Crippen molar-refractivity contribution in [1.29, 1.82) is 5.26 Å². The van der Waals surface area contributed by atoms with Gasteiger partial charge in [-0.25, -0.2) is 0 Å². The number of carbonyl (C=O) groups excluding carboxylic acids is 2. The summed E-state index contributed by atoms with van der Waals surface area (Å²) in [5.74, 6) is -1.60. The average molecular weight is 546 g/mol. The fourth-order valence-corrected chi connectivity index (χ4v) is 5.63. The van der Waals surface area contributed by atoms with Crippen molar-refractivity contribution >= 4 is 40.7 Å². The van der Waals surface area contributed by atoms with Gasteiger partial charge < -0.3 is 10.6 Å². The number of halogens is 4. The van der Waals surface area contributed by atoms with Crippen LogP contribution in [0.25, 0.3) is 0 Å². The monoisotopic (exact) mass is 545 g/mol. The van der Waals surface area contributed by atoms with Crippen LogP contribution in [0.5, 0.6) is 0 Å². The lowest BCUT2D eigenvalue weighted by Crippen LogP contribution is -2.37. The van der Waals surface area contributed by atoms with Crippen LogP contribution < -0.4 is 10.6 Å². The van der Waals surface area contributed by atoms with Gasteiger partial charge in [-0.1, -0.05) is 61.5 Å².